The fourth-order valence-electron chi connectivity index (χ4n) is 2.35. The molecule has 1 heterocycles. The van der Waals surface area contributed by atoms with Gasteiger partial charge in [0.05, 0.1) is 10.7 Å². The Hall–Kier alpha value is -3.18. The Morgan fingerprint density at radius 3 is 2.32 bits per heavy atom. The maximum absolute atomic E-state index is 12.6. The maximum Gasteiger partial charge on any atom is 0.335 e. The lowest BCUT2D eigenvalue weighted by atomic mass is 10.1. The number of hydrogen-bond acceptors (Lipinski definition) is 3. The molecule has 0 aromatic heterocycles. The topological polar surface area (TPSA) is 66.5 Å². The predicted octanol–water partition coefficient (Wildman–Crippen LogP) is 3.56. The van der Waals surface area contributed by atoms with Crippen molar-refractivity contribution in [2.75, 3.05) is 4.90 Å². The molecule has 0 saturated carbocycles. The molecule has 5 nitrogen and oxygen atoms in total. The monoisotopic (exact) mass is 352 g/mol. The lowest BCUT2D eigenvalue weighted by Crippen LogP contribution is -2.54. The number of anilines is 1. The highest BCUT2D eigenvalue weighted by atomic mass is 35.5. The first-order valence-electron chi connectivity index (χ1n) is 7.45. The van der Waals surface area contributed by atoms with E-state index in [0.717, 1.165) is 10.5 Å². The van der Waals surface area contributed by atoms with E-state index in [-0.39, 0.29) is 16.3 Å². The number of halogens is 1. The van der Waals surface area contributed by atoms with E-state index in [2.05, 4.69) is 5.32 Å². The van der Waals surface area contributed by atoms with Gasteiger partial charge in [-0.2, -0.15) is 0 Å². The minimum atomic E-state index is -0.827. The number of amides is 4. The van der Waals surface area contributed by atoms with Gasteiger partial charge >= 0.3 is 6.03 Å². The summed E-state index contributed by atoms with van der Waals surface area (Å²) < 4.78 is 0. The number of hydrogen-bond donors (Lipinski definition) is 1. The van der Waals surface area contributed by atoms with Crippen LogP contribution in [0.5, 0.6) is 0 Å². The molecule has 0 spiro atoms. The van der Waals surface area contributed by atoms with Crippen LogP contribution in [-0.2, 0) is 9.59 Å². The van der Waals surface area contributed by atoms with Crippen molar-refractivity contribution in [3.05, 3.63) is 82.9 Å². The van der Waals surface area contributed by atoms with Crippen molar-refractivity contribution in [2.45, 2.75) is 0 Å². The van der Waals surface area contributed by atoms with E-state index >= 15 is 0 Å². The molecule has 0 bridgehead atoms. The number of nitrogens with zero attached hydrogens (tertiary/aromatic N) is 1. The Morgan fingerprint density at radius 1 is 0.920 bits per heavy atom. The predicted molar refractivity (Wildman–Crippen MR) is 96.0 cm³/mol. The quantitative estimate of drug-likeness (QED) is 0.678. The number of para-hydroxylation sites is 1. The van der Waals surface area contributed by atoms with E-state index in [1.54, 1.807) is 30.4 Å². The standard InChI is InChI=1S/C19H13ClN2O3/c20-15-11-4-5-12-16(15)22-18(24)14(17(23)21-19(22)25)10-6-9-13-7-2-1-3-8-13/h1-12H,(H,21,23,25)/b9-6+,14-10-. The van der Waals surface area contributed by atoms with E-state index in [1.165, 1.54) is 12.1 Å². The molecule has 2 aromatic rings. The normalized spacial score (nSPS) is 16.6. The van der Waals surface area contributed by atoms with Gasteiger partial charge in [-0.25, -0.2) is 9.69 Å². The Balaban J connectivity index is 1.92. The average molecular weight is 353 g/mol. The number of carbonyl (C=O) groups excluding carboxylic acids is 3. The summed E-state index contributed by atoms with van der Waals surface area (Å²) in [5.74, 6) is -1.46. The van der Waals surface area contributed by atoms with E-state index < -0.39 is 17.8 Å². The minimum absolute atomic E-state index is 0.147. The van der Waals surface area contributed by atoms with Crippen LogP contribution in [0.2, 0.25) is 5.02 Å². The van der Waals surface area contributed by atoms with Gasteiger partial charge in [0.25, 0.3) is 11.8 Å². The molecule has 4 amide bonds. The number of carbonyl (C=O) groups is 3. The molecule has 0 radical (unpaired) electrons. The van der Waals surface area contributed by atoms with Gasteiger partial charge < -0.3 is 0 Å². The number of barbiturate groups is 1. The molecule has 0 atom stereocenters. The van der Waals surface area contributed by atoms with Gasteiger partial charge in [0.1, 0.15) is 5.57 Å². The molecule has 3 rings (SSSR count). The van der Waals surface area contributed by atoms with E-state index in [4.69, 9.17) is 11.6 Å². The highest BCUT2D eigenvalue weighted by molar-refractivity contribution is 6.41. The third-order valence-corrected chi connectivity index (χ3v) is 3.87. The zero-order chi connectivity index (χ0) is 17.8. The number of benzene rings is 2. The first kappa shape index (κ1) is 16.7. The van der Waals surface area contributed by atoms with Crippen LogP contribution in [0.4, 0.5) is 10.5 Å². The molecule has 1 aliphatic heterocycles. The number of allylic oxidation sites excluding steroid dienone is 2. The molecule has 124 valence electrons. The van der Waals surface area contributed by atoms with Crippen LogP contribution in [0.3, 0.4) is 0 Å². The van der Waals surface area contributed by atoms with Crippen molar-refractivity contribution in [1.82, 2.24) is 5.32 Å². The van der Waals surface area contributed by atoms with Crippen molar-refractivity contribution in [2.24, 2.45) is 0 Å². The molecule has 25 heavy (non-hydrogen) atoms. The zero-order valence-corrected chi connectivity index (χ0v) is 13.7. The summed E-state index contributed by atoms with van der Waals surface area (Å²) in [4.78, 5) is 37.6. The Morgan fingerprint density at radius 2 is 1.60 bits per heavy atom. The smallest absolute Gasteiger partial charge is 0.273 e. The van der Waals surface area contributed by atoms with Crippen molar-refractivity contribution in [3.63, 3.8) is 0 Å². The van der Waals surface area contributed by atoms with Crippen molar-refractivity contribution >= 4 is 41.2 Å². The number of imide groups is 2. The van der Waals surface area contributed by atoms with Crippen molar-refractivity contribution < 1.29 is 14.4 Å². The van der Waals surface area contributed by atoms with Crippen LogP contribution in [-0.4, -0.2) is 17.8 Å². The van der Waals surface area contributed by atoms with Gasteiger partial charge in [0.2, 0.25) is 0 Å². The lowest BCUT2D eigenvalue weighted by Gasteiger charge is -2.26. The average Bonchev–Trinajstić information content (AvgIpc) is 2.60. The van der Waals surface area contributed by atoms with Crippen LogP contribution in [0.25, 0.3) is 6.08 Å². The molecule has 0 unspecified atom stereocenters. The summed E-state index contributed by atoms with van der Waals surface area (Å²) in [6.07, 6.45) is 4.72. The third-order valence-electron chi connectivity index (χ3n) is 3.55. The van der Waals surface area contributed by atoms with Gasteiger partial charge in [-0.3, -0.25) is 14.9 Å². The summed E-state index contributed by atoms with van der Waals surface area (Å²) in [6.45, 7) is 0. The van der Waals surface area contributed by atoms with Gasteiger partial charge in [-0.1, -0.05) is 66.2 Å². The largest absolute Gasteiger partial charge is 0.335 e. The van der Waals surface area contributed by atoms with Crippen LogP contribution < -0.4 is 10.2 Å². The summed E-state index contributed by atoms with van der Waals surface area (Å²) >= 11 is 6.06. The summed E-state index contributed by atoms with van der Waals surface area (Å²) in [5, 5.41) is 2.39. The van der Waals surface area contributed by atoms with Crippen LogP contribution >= 0.6 is 11.6 Å². The summed E-state index contributed by atoms with van der Waals surface area (Å²) in [6, 6.07) is 15.0. The molecule has 2 aromatic carbocycles. The molecule has 1 aliphatic rings. The Bertz CT molecular complexity index is 904. The molecule has 1 N–H and O–H groups in total. The van der Waals surface area contributed by atoms with E-state index in [1.807, 2.05) is 30.3 Å². The van der Waals surface area contributed by atoms with Gasteiger partial charge in [0, 0.05) is 0 Å². The van der Waals surface area contributed by atoms with Gasteiger partial charge in [0.15, 0.2) is 0 Å². The SMILES string of the molecule is O=C1NC(=O)N(c2ccccc2Cl)C(=O)/C1=C\C=C\c1ccccc1. The molecule has 1 saturated heterocycles. The van der Waals surface area contributed by atoms with Crippen molar-refractivity contribution in [1.29, 1.82) is 0 Å². The maximum atomic E-state index is 12.6. The Kier molecular flexibility index (Phi) is 4.77. The second kappa shape index (κ2) is 7.15. The lowest BCUT2D eigenvalue weighted by molar-refractivity contribution is -0.122. The van der Waals surface area contributed by atoms with Crippen LogP contribution in [0.1, 0.15) is 5.56 Å². The van der Waals surface area contributed by atoms with Crippen LogP contribution in [0.15, 0.2) is 72.3 Å². The molecule has 0 aliphatic carbocycles. The van der Waals surface area contributed by atoms with Gasteiger partial charge in [-0.05, 0) is 23.8 Å². The highest BCUT2D eigenvalue weighted by Gasteiger charge is 2.37. The second-order valence-corrected chi connectivity index (χ2v) is 5.61. The number of nitrogens with one attached hydrogen (secondary N) is 1. The number of urea groups is 1. The third kappa shape index (κ3) is 3.51. The first-order valence-corrected chi connectivity index (χ1v) is 7.83. The summed E-state index contributed by atoms with van der Waals surface area (Å²) in [7, 11) is 0. The summed E-state index contributed by atoms with van der Waals surface area (Å²) in [5.41, 5.74) is 0.992. The fourth-order valence-corrected chi connectivity index (χ4v) is 2.57. The second-order valence-electron chi connectivity index (χ2n) is 5.20. The Labute approximate surface area is 149 Å². The van der Waals surface area contributed by atoms with E-state index in [0.29, 0.717) is 0 Å². The molecular formula is C19H13ClN2O3. The fraction of sp³-hybridized carbons (Fsp3) is 0. The number of rotatable bonds is 3. The van der Waals surface area contributed by atoms with Gasteiger partial charge in [-0.15, -0.1) is 0 Å². The zero-order valence-electron chi connectivity index (χ0n) is 13.0. The molecule has 1 fully saturated rings. The van der Waals surface area contributed by atoms with Crippen LogP contribution in [0, 0.1) is 0 Å². The minimum Gasteiger partial charge on any atom is -0.273 e. The molecule has 6 heteroatoms. The molecular weight excluding hydrogens is 340 g/mol. The first-order chi connectivity index (χ1) is 12.1. The van der Waals surface area contributed by atoms with E-state index in [9.17, 15) is 14.4 Å². The highest BCUT2D eigenvalue weighted by Crippen LogP contribution is 2.28. The van der Waals surface area contributed by atoms with Crippen molar-refractivity contribution in [3.8, 4) is 0 Å².